The van der Waals surface area contributed by atoms with E-state index in [4.69, 9.17) is 11.6 Å². The summed E-state index contributed by atoms with van der Waals surface area (Å²) in [4.78, 5) is 18.3. The number of carbonyl (C=O) groups is 1. The molecule has 2 aliphatic carbocycles. The van der Waals surface area contributed by atoms with Crippen molar-refractivity contribution in [2.75, 3.05) is 0 Å². The molecule has 5 aromatic rings. The summed E-state index contributed by atoms with van der Waals surface area (Å²) in [6.07, 6.45) is -1.93. The van der Waals surface area contributed by atoms with E-state index in [-0.39, 0.29) is 33.8 Å². The van der Waals surface area contributed by atoms with E-state index in [1.807, 2.05) is 6.07 Å². The first-order valence-corrected chi connectivity index (χ1v) is 14.8. The van der Waals surface area contributed by atoms with E-state index in [0.717, 1.165) is 12.1 Å². The SMILES string of the molecule is C[C@@H]1C2c3c(C(F)F)nn(CC(=O)N[C@@H](Cc4cc(F)cc(F)c4)c4nc5cn[nH]c5cc4-c4ccc(Cl)c(C#N)c4)c3C(F)(F)C21. The van der Waals surface area contributed by atoms with E-state index in [0.29, 0.717) is 32.9 Å². The summed E-state index contributed by atoms with van der Waals surface area (Å²) < 4.78 is 87.8. The molecule has 8 nitrogen and oxygen atoms in total. The van der Waals surface area contributed by atoms with Crippen LogP contribution in [0.25, 0.3) is 22.2 Å². The van der Waals surface area contributed by atoms with Crippen LogP contribution < -0.4 is 5.32 Å². The summed E-state index contributed by atoms with van der Waals surface area (Å²) in [7, 11) is 0. The number of H-pyrrole nitrogens is 1. The number of aromatic amines is 1. The molecule has 47 heavy (non-hydrogen) atoms. The van der Waals surface area contributed by atoms with Crippen LogP contribution >= 0.6 is 11.6 Å². The fourth-order valence-corrected chi connectivity index (χ4v) is 6.95. The highest BCUT2D eigenvalue weighted by Gasteiger charge is 2.71. The number of carbonyl (C=O) groups excluding carboxylic acids is 1. The molecule has 0 bridgehead atoms. The van der Waals surface area contributed by atoms with Gasteiger partial charge >= 0.3 is 0 Å². The normalized spacial score (nSPS) is 19.8. The van der Waals surface area contributed by atoms with Crippen LogP contribution in [0.5, 0.6) is 0 Å². The molecule has 15 heteroatoms. The van der Waals surface area contributed by atoms with Gasteiger partial charge in [0.2, 0.25) is 5.91 Å². The molecule has 1 amide bonds. The minimum absolute atomic E-state index is 0.127. The minimum Gasteiger partial charge on any atom is -0.346 e. The van der Waals surface area contributed by atoms with Gasteiger partial charge in [0.25, 0.3) is 12.3 Å². The summed E-state index contributed by atoms with van der Waals surface area (Å²) >= 11 is 6.16. The summed E-state index contributed by atoms with van der Waals surface area (Å²) in [5, 5.41) is 23.0. The van der Waals surface area contributed by atoms with Crippen molar-refractivity contribution in [1.82, 2.24) is 30.3 Å². The predicted molar refractivity (Wildman–Crippen MR) is 156 cm³/mol. The van der Waals surface area contributed by atoms with Gasteiger partial charge in [0.15, 0.2) is 0 Å². The van der Waals surface area contributed by atoms with Crippen molar-refractivity contribution in [2.24, 2.45) is 11.8 Å². The Bertz CT molecular complexity index is 2100. The predicted octanol–water partition coefficient (Wildman–Crippen LogP) is 7.12. The molecule has 1 saturated carbocycles. The number of fused-ring (bicyclic) bond motifs is 4. The third-order valence-electron chi connectivity index (χ3n) is 8.84. The van der Waals surface area contributed by atoms with Gasteiger partial charge in [-0.05, 0) is 53.8 Å². The number of nitriles is 1. The highest BCUT2D eigenvalue weighted by atomic mass is 35.5. The maximum atomic E-state index is 15.4. The van der Waals surface area contributed by atoms with Crippen LogP contribution in [0.2, 0.25) is 5.02 Å². The molecule has 4 atom stereocenters. The second-order valence-electron chi connectivity index (χ2n) is 11.8. The molecular formula is C32H22ClF6N7O. The Morgan fingerprint density at radius 2 is 1.89 bits per heavy atom. The summed E-state index contributed by atoms with van der Waals surface area (Å²) in [6.45, 7) is 0.725. The number of halogens is 7. The zero-order valence-electron chi connectivity index (χ0n) is 24.2. The van der Waals surface area contributed by atoms with Crippen LogP contribution in [0.4, 0.5) is 26.3 Å². The van der Waals surface area contributed by atoms with Crippen molar-refractivity contribution in [3.8, 4) is 17.2 Å². The van der Waals surface area contributed by atoms with Crippen LogP contribution in [0.1, 0.15) is 59.1 Å². The molecule has 3 aromatic heterocycles. The molecule has 240 valence electrons. The van der Waals surface area contributed by atoms with Gasteiger partial charge < -0.3 is 5.32 Å². The largest absolute Gasteiger partial charge is 0.346 e. The van der Waals surface area contributed by atoms with Crippen molar-refractivity contribution in [2.45, 2.75) is 44.2 Å². The highest BCUT2D eigenvalue weighted by molar-refractivity contribution is 6.31. The fourth-order valence-electron chi connectivity index (χ4n) is 6.79. The van der Waals surface area contributed by atoms with Crippen LogP contribution in [-0.4, -0.2) is 30.9 Å². The lowest BCUT2D eigenvalue weighted by atomic mass is 9.94. The third-order valence-corrected chi connectivity index (χ3v) is 9.17. The molecular weight excluding hydrogens is 648 g/mol. The van der Waals surface area contributed by atoms with E-state index in [9.17, 15) is 27.6 Å². The topological polar surface area (TPSA) is 112 Å². The van der Waals surface area contributed by atoms with Crippen molar-refractivity contribution in [1.29, 1.82) is 5.26 Å². The van der Waals surface area contributed by atoms with Gasteiger partial charge in [0.1, 0.15) is 41.2 Å². The number of hydrogen-bond donors (Lipinski definition) is 2. The van der Waals surface area contributed by atoms with E-state index in [1.165, 1.54) is 18.3 Å². The minimum atomic E-state index is -3.47. The maximum absolute atomic E-state index is 15.4. The lowest BCUT2D eigenvalue weighted by Gasteiger charge is -2.23. The smallest absolute Gasteiger partial charge is 0.293 e. The molecule has 0 aliphatic heterocycles. The van der Waals surface area contributed by atoms with Gasteiger partial charge in [-0.3, -0.25) is 14.6 Å². The Labute approximate surface area is 267 Å². The Balaban J connectivity index is 1.31. The van der Waals surface area contributed by atoms with Crippen LogP contribution in [0, 0.1) is 34.8 Å². The second kappa shape index (κ2) is 11.1. The number of hydrogen-bond acceptors (Lipinski definition) is 5. The number of benzene rings is 2. The van der Waals surface area contributed by atoms with Gasteiger partial charge in [-0.2, -0.15) is 24.2 Å². The molecule has 0 spiro atoms. The van der Waals surface area contributed by atoms with Gasteiger partial charge in [-0.15, -0.1) is 0 Å². The summed E-state index contributed by atoms with van der Waals surface area (Å²) in [5.41, 5.74) is 0.445. The van der Waals surface area contributed by atoms with Crippen LogP contribution in [-0.2, 0) is 23.7 Å². The van der Waals surface area contributed by atoms with Crippen molar-refractivity contribution in [3.63, 3.8) is 0 Å². The average molecular weight is 670 g/mol. The number of rotatable bonds is 8. The molecule has 2 aliphatic rings. The molecule has 2 N–H and O–H groups in total. The lowest BCUT2D eigenvalue weighted by molar-refractivity contribution is -0.123. The van der Waals surface area contributed by atoms with Crippen molar-refractivity contribution >= 4 is 28.5 Å². The first-order chi connectivity index (χ1) is 22.4. The number of nitrogens with one attached hydrogen (secondary N) is 2. The standard InChI is InChI=1S/C32H22ClF6N7O/c1-13-25-26-29(31(36)37)45-46(30(26)32(38,39)27(13)25)12-24(47)42-22(6-14-4-17(34)8-18(35)5-14)28-19(9-21-23(43-28)11-41-44-21)15-2-3-20(33)16(7-15)10-40/h2-5,7-9,11,13,22,25,27,31H,6,12H2,1H3,(H,41,44)(H,42,47)/t13-,22+,25?,27?/m1/s1. The Morgan fingerprint density at radius 1 is 1.15 bits per heavy atom. The molecule has 0 saturated heterocycles. The van der Waals surface area contributed by atoms with E-state index in [2.05, 4.69) is 25.6 Å². The molecule has 1 fully saturated rings. The van der Waals surface area contributed by atoms with Gasteiger partial charge in [0, 0.05) is 29.0 Å². The van der Waals surface area contributed by atoms with E-state index < -0.39 is 71.6 Å². The third kappa shape index (κ3) is 5.18. The number of pyridine rings is 1. The molecule has 0 radical (unpaired) electrons. The zero-order valence-corrected chi connectivity index (χ0v) is 25.0. The lowest BCUT2D eigenvalue weighted by Crippen LogP contribution is -2.35. The monoisotopic (exact) mass is 669 g/mol. The Morgan fingerprint density at radius 3 is 2.60 bits per heavy atom. The van der Waals surface area contributed by atoms with E-state index >= 15 is 8.78 Å². The zero-order chi connectivity index (χ0) is 33.4. The molecule has 3 heterocycles. The van der Waals surface area contributed by atoms with E-state index in [1.54, 1.807) is 19.1 Å². The number of alkyl halides is 4. The van der Waals surface area contributed by atoms with Crippen LogP contribution in [0.3, 0.4) is 0 Å². The summed E-state index contributed by atoms with van der Waals surface area (Å²) in [5.74, 6) is -8.54. The van der Waals surface area contributed by atoms with Crippen LogP contribution in [0.15, 0.2) is 48.7 Å². The number of nitrogens with zero attached hydrogens (tertiary/aromatic N) is 5. The fraction of sp³-hybridized carbons (Fsp3) is 0.281. The Kier molecular flexibility index (Phi) is 7.27. The molecule has 2 aromatic carbocycles. The summed E-state index contributed by atoms with van der Waals surface area (Å²) in [6, 6.07) is 9.92. The first-order valence-electron chi connectivity index (χ1n) is 14.4. The molecule has 7 rings (SSSR count). The van der Waals surface area contributed by atoms with Crippen molar-refractivity contribution in [3.05, 3.63) is 99.1 Å². The van der Waals surface area contributed by atoms with Gasteiger partial charge in [-0.25, -0.2) is 22.5 Å². The van der Waals surface area contributed by atoms with Gasteiger partial charge in [0.05, 0.1) is 34.0 Å². The average Bonchev–Trinajstić information content (AvgIpc) is 3.28. The number of aromatic nitrogens is 5. The quantitative estimate of drug-likeness (QED) is 0.171. The second-order valence-corrected chi connectivity index (χ2v) is 12.2. The Hall–Kier alpha value is -4.90. The van der Waals surface area contributed by atoms with Crippen molar-refractivity contribution < 1.29 is 31.1 Å². The first kappa shape index (κ1) is 30.7. The highest BCUT2D eigenvalue weighted by Crippen LogP contribution is 2.71. The molecule has 2 unspecified atom stereocenters. The maximum Gasteiger partial charge on any atom is 0.293 e. The number of amides is 1. The van der Waals surface area contributed by atoms with Gasteiger partial charge in [-0.1, -0.05) is 24.6 Å².